The average Bonchev–Trinajstić information content (AvgIpc) is 2.80. The molecule has 1 heterocycles. The Bertz CT molecular complexity index is 1050. The number of amides is 1. The average molecular weight is 420 g/mol. The van der Waals surface area contributed by atoms with Gasteiger partial charge in [0.25, 0.3) is 0 Å². The molecule has 1 saturated heterocycles. The van der Waals surface area contributed by atoms with E-state index in [-0.39, 0.29) is 5.91 Å². The van der Waals surface area contributed by atoms with E-state index in [2.05, 4.69) is 33.3 Å². The number of nitrogens with zero attached hydrogens (tertiary/aromatic N) is 2. The zero-order chi connectivity index (χ0) is 21.6. The van der Waals surface area contributed by atoms with Gasteiger partial charge in [0.05, 0.1) is 20.8 Å². The Balaban J connectivity index is 1.26. The van der Waals surface area contributed by atoms with Crippen LogP contribution in [-0.2, 0) is 11.3 Å². The first-order valence-electron chi connectivity index (χ1n) is 10.6. The third-order valence-electron chi connectivity index (χ3n) is 5.72. The molecule has 6 nitrogen and oxygen atoms in total. The van der Waals surface area contributed by atoms with Gasteiger partial charge < -0.3 is 14.8 Å². The third kappa shape index (κ3) is 5.34. The first-order valence-corrected chi connectivity index (χ1v) is 10.6. The number of carbonyl (C=O) groups is 1. The van der Waals surface area contributed by atoms with Crippen LogP contribution < -0.4 is 14.8 Å². The number of nitrogens with one attached hydrogen (secondary N) is 1. The van der Waals surface area contributed by atoms with Crippen LogP contribution >= 0.6 is 0 Å². The summed E-state index contributed by atoms with van der Waals surface area (Å²) in [6.45, 7) is 4.88. The number of methoxy groups -OCH3 is 2. The molecule has 1 N–H and O–H groups in total. The van der Waals surface area contributed by atoms with Gasteiger partial charge in [0.1, 0.15) is 0 Å². The fourth-order valence-corrected chi connectivity index (χ4v) is 4.01. The SMILES string of the molecule is COc1ccc(CN2CCN(CC(=O)Nc3ccc4ccccc4c3)CC2)cc1OC. The maximum Gasteiger partial charge on any atom is 0.238 e. The van der Waals surface area contributed by atoms with Crippen LogP contribution in [0, 0.1) is 0 Å². The van der Waals surface area contributed by atoms with E-state index >= 15 is 0 Å². The largest absolute Gasteiger partial charge is 0.493 e. The summed E-state index contributed by atoms with van der Waals surface area (Å²) in [4.78, 5) is 17.1. The lowest BCUT2D eigenvalue weighted by Crippen LogP contribution is -2.48. The number of fused-ring (bicyclic) bond motifs is 1. The van der Waals surface area contributed by atoms with Crippen molar-refractivity contribution in [1.29, 1.82) is 0 Å². The monoisotopic (exact) mass is 419 g/mol. The minimum Gasteiger partial charge on any atom is -0.493 e. The van der Waals surface area contributed by atoms with E-state index in [1.807, 2.05) is 42.5 Å². The Morgan fingerprint density at radius 3 is 2.29 bits per heavy atom. The van der Waals surface area contributed by atoms with Gasteiger partial charge in [-0.25, -0.2) is 0 Å². The van der Waals surface area contributed by atoms with Crippen molar-refractivity contribution in [2.75, 3.05) is 52.3 Å². The Labute approximate surface area is 183 Å². The second-order valence-corrected chi connectivity index (χ2v) is 7.85. The molecule has 0 spiro atoms. The smallest absolute Gasteiger partial charge is 0.238 e. The lowest BCUT2D eigenvalue weighted by molar-refractivity contribution is -0.117. The highest BCUT2D eigenvalue weighted by atomic mass is 16.5. The maximum atomic E-state index is 12.5. The van der Waals surface area contributed by atoms with Gasteiger partial charge in [-0.3, -0.25) is 14.6 Å². The molecule has 162 valence electrons. The summed E-state index contributed by atoms with van der Waals surface area (Å²) in [5.41, 5.74) is 2.04. The summed E-state index contributed by atoms with van der Waals surface area (Å²) in [6.07, 6.45) is 0. The van der Waals surface area contributed by atoms with Crippen LogP contribution in [0.25, 0.3) is 10.8 Å². The molecule has 3 aromatic carbocycles. The number of hydrogen-bond donors (Lipinski definition) is 1. The van der Waals surface area contributed by atoms with Crippen molar-refractivity contribution in [2.24, 2.45) is 0 Å². The highest BCUT2D eigenvalue weighted by Crippen LogP contribution is 2.28. The van der Waals surface area contributed by atoms with E-state index in [0.29, 0.717) is 6.54 Å². The predicted octanol–water partition coefficient (Wildman–Crippen LogP) is 3.61. The molecule has 3 aromatic rings. The van der Waals surface area contributed by atoms with E-state index in [4.69, 9.17) is 9.47 Å². The molecule has 0 aromatic heterocycles. The van der Waals surface area contributed by atoms with Crippen LogP contribution in [0.5, 0.6) is 11.5 Å². The van der Waals surface area contributed by atoms with Gasteiger partial charge in [-0.1, -0.05) is 36.4 Å². The van der Waals surface area contributed by atoms with Gasteiger partial charge >= 0.3 is 0 Å². The van der Waals surface area contributed by atoms with Gasteiger partial charge in [0.2, 0.25) is 5.91 Å². The van der Waals surface area contributed by atoms with Crippen molar-refractivity contribution in [3.8, 4) is 11.5 Å². The predicted molar refractivity (Wildman–Crippen MR) is 124 cm³/mol. The van der Waals surface area contributed by atoms with Crippen LogP contribution in [0.3, 0.4) is 0 Å². The topological polar surface area (TPSA) is 54.0 Å². The Morgan fingerprint density at radius 2 is 1.55 bits per heavy atom. The molecular formula is C25H29N3O3. The Hall–Kier alpha value is -3.09. The van der Waals surface area contributed by atoms with Crippen molar-refractivity contribution in [1.82, 2.24) is 9.80 Å². The molecule has 31 heavy (non-hydrogen) atoms. The molecule has 1 fully saturated rings. The molecule has 1 aliphatic heterocycles. The molecule has 0 radical (unpaired) electrons. The van der Waals surface area contributed by atoms with Crippen LogP contribution in [0.15, 0.2) is 60.7 Å². The van der Waals surface area contributed by atoms with Gasteiger partial charge in [0, 0.05) is 38.4 Å². The molecule has 0 aliphatic carbocycles. The van der Waals surface area contributed by atoms with Crippen molar-refractivity contribution >= 4 is 22.4 Å². The lowest BCUT2D eigenvalue weighted by Gasteiger charge is -2.34. The highest BCUT2D eigenvalue weighted by Gasteiger charge is 2.19. The standard InChI is InChI=1S/C25H29N3O3/c1-30-23-10-7-19(15-24(23)31-2)17-27-11-13-28(14-12-27)18-25(29)26-22-9-8-20-5-3-4-6-21(20)16-22/h3-10,15-16H,11-14,17-18H2,1-2H3,(H,26,29). The number of ether oxygens (including phenoxy) is 2. The lowest BCUT2D eigenvalue weighted by atomic mass is 10.1. The molecule has 0 unspecified atom stereocenters. The zero-order valence-electron chi connectivity index (χ0n) is 18.1. The summed E-state index contributed by atoms with van der Waals surface area (Å²) in [7, 11) is 3.30. The summed E-state index contributed by atoms with van der Waals surface area (Å²) in [6, 6.07) is 20.2. The molecule has 1 aliphatic rings. The van der Waals surface area contributed by atoms with Crippen LogP contribution in [0.4, 0.5) is 5.69 Å². The summed E-state index contributed by atoms with van der Waals surface area (Å²) in [5.74, 6) is 1.53. The van der Waals surface area contributed by atoms with Crippen molar-refractivity contribution in [3.63, 3.8) is 0 Å². The fraction of sp³-hybridized carbons (Fsp3) is 0.320. The van der Waals surface area contributed by atoms with Gasteiger partial charge in [-0.2, -0.15) is 0 Å². The van der Waals surface area contributed by atoms with Gasteiger partial charge in [0.15, 0.2) is 11.5 Å². The van der Waals surface area contributed by atoms with E-state index in [1.54, 1.807) is 14.2 Å². The molecule has 1 amide bonds. The number of carbonyl (C=O) groups excluding carboxylic acids is 1. The van der Waals surface area contributed by atoms with E-state index < -0.39 is 0 Å². The number of benzene rings is 3. The second kappa shape index (κ2) is 9.81. The van der Waals surface area contributed by atoms with Crippen molar-refractivity contribution in [3.05, 3.63) is 66.2 Å². The molecule has 0 saturated carbocycles. The zero-order valence-corrected chi connectivity index (χ0v) is 18.1. The Kier molecular flexibility index (Phi) is 6.70. The summed E-state index contributed by atoms with van der Waals surface area (Å²) >= 11 is 0. The third-order valence-corrected chi connectivity index (χ3v) is 5.72. The van der Waals surface area contributed by atoms with E-state index in [0.717, 1.165) is 55.3 Å². The summed E-state index contributed by atoms with van der Waals surface area (Å²) in [5, 5.41) is 5.34. The molecule has 6 heteroatoms. The van der Waals surface area contributed by atoms with Crippen molar-refractivity contribution in [2.45, 2.75) is 6.54 Å². The first-order chi connectivity index (χ1) is 15.1. The minimum absolute atomic E-state index is 0.0311. The summed E-state index contributed by atoms with van der Waals surface area (Å²) < 4.78 is 10.7. The highest BCUT2D eigenvalue weighted by molar-refractivity contribution is 5.95. The minimum atomic E-state index is 0.0311. The quantitative estimate of drug-likeness (QED) is 0.634. The fourth-order valence-electron chi connectivity index (χ4n) is 4.01. The maximum absolute atomic E-state index is 12.5. The van der Waals surface area contributed by atoms with Crippen molar-refractivity contribution < 1.29 is 14.3 Å². The number of anilines is 1. The molecule has 4 rings (SSSR count). The second-order valence-electron chi connectivity index (χ2n) is 7.85. The molecule has 0 atom stereocenters. The van der Waals surface area contributed by atoms with E-state index in [1.165, 1.54) is 10.9 Å². The number of rotatable bonds is 7. The molecule has 0 bridgehead atoms. The number of hydrogen-bond acceptors (Lipinski definition) is 5. The van der Waals surface area contributed by atoms with Gasteiger partial charge in [-0.05, 0) is 40.6 Å². The van der Waals surface area contributed by atoms with Crippen LogP contribution in [-0.4, -0.2) is 62.7 Å². The number of piperazine rings is 1. The van der Waals surface area contributed by atoms with Crippen LogP contribution in [0.1, 0.15) is 5.56 Å². The first kappa shape index (κ1) is 21.2. The Morgan fingerprint density at radius 1 is 0.839 bits per heavy atom. The van der Waals surface area contributed by atoms with Crippen LogP contribution in [0.2, 0.25) is 0 Å². The van der Waals surface area contributed by atoms with Gasteiger partial charge in [-0.15, -0.1) is 0 Å². The van der Waals surface area contributed by atoms with E-state index in [9.17, 15) is 4.79 Å². The normalized spacial score (nSPS) is 15.0. The molecular weight excluding hydrogens is 390 g/mol.